The van der Waals surface area contributed by atoms with Crippen molar-refractivity contribution in [2.45, 2.75) is 64.0 Å². The maximum atomic E-state index is 13.5. The SMILES string of the molecule is COC(=O)CCC1=C(CC(=O)OC)C(C)(Cc2[nH]c(C(=O)OCc3ccccc3)c(CCC(=O)OC)c2CC(=O)OC)NC1=S. The number of benzene rings is 1. The molecule has 2 aromatic rings. The van der Waals surface area contributed by atoms with Crippen molar-refractivity contribution in [1.82, 2.24) is 10.3 Å². The van der Waals surface area contributed by atoms with E-state index in [4.69, 9.17) is 35.9 Å². The summed E-state index contributed by atoms with van der Waals surface area (Å²) < 4.78 is 25.1. The smallest absolute Gasteiger partial charge is 0.355 e. The van der Waals surface area contributed by atoms with E-state index in [1.165, 1.54) is 28.4 Å². The summed E-state index contributed by atoms with van der Waals surface area (Å²) in [4.78, 5) is 66.2. The minimum Gasteiger partial charge on any atom is -0.469 e. The molecule has 2 heterocycles. The largest absolute Gasteiger partial charge is 0.469 e. The average Bonchev–Trinajstić information content (AvgIpc) is 3.48. The van der Waals surface area contributed by atoms with Gasteiger partial charge in [0, 0.05) is 25.0 Å². The summed E-state index contributed by atoms with van der Waals surface area (Å²) in [5.74, 6) is -2.69. The first kappa shape index (κ1) is 35.0. The van der Waals surface area contributed by atoms with Gasteiger partial charge in [0.05, 0.1) is 46.8 Å². The summed E-state index contributed by atoms with van der Waals surface area (Å²) in [6.45, 7) is 1.83. The molecule has 2 N–H and O–H groups in total. The fourth-order valence-electron chi connectivity index (χ4n) is 5.28. The van der Waals surface area contributed by atoms with Gasteiger partial charge >= 0.3 is 29.8 Å². The topological polar surface area (TPSA) is 159 Å². The molecule has 1 aromatic heterocycles. The van der Waals surface area contributed by atoms with Crippen LogP contribution in [-0.2, 0) is 68.7 Å². The van der Waals surface area contributed by atoms with Crippen LogP contribution in [0.4, 0.5) is 0 Å². The van der Waals surface area contributed by atoms with Gasteiger partial charge in [-0.15, -0.1) is 0 Å². The third-order valence-corrected chi connectivity index (χ3v) is 8.01. The molecule has 0 amide bonds. The highest BCUT2D eigenvalue weighted by molar-refractivity contribution is 7.80. The van der Waals surface area contributed by atoms with Crippen molar-refractivity contribution in [3.05, 3.63) is 69.6 Å². The first-order valence-electron chi connectivity index (χ1n) is 14.2. The Morgan fingerprint density at radius 2 is 1.36 bits per heavy atom. The fourth-order valence-corrected chi connectivity index (χ4v) is 5.73. The molecular formula is C32H38N2O10S. The Balaban J connectivity index is 2.10. The zero-order valence-electron chi connectivity index (χ0n) is 26.0. The summed E-state index contributed by atoms with van der Waals surface area (Å²) in [6.07, 6.45) is 0.0715. The minimum absolute atomic E-state index is 0.0000850. The second kappa shape index (κ2) is 16.0. The Morgan fingerprint density at radius 3 is 1.96 bits per heavy atom. The second-order valence-electron chi connectivity index (χ2n) is 10.6. The third-order valence-electron chi connectivity index (χ3n) is 7.66. The summed E-state index contributed by atoms with van der Waals surface area (Å²) in [7, 11) is 5.07. The van der Waals surface area contributed by atoms with E-state index in [2.05, 4.69) is 10.3 Å². The quantitative estimate of drug-likeness (QED) is 0.166. The normalized spacial score (nSPS) is 15.7. The lowest BCUT2D eigenvalue weighted by Gasteiger charge is -2.29. The molecule has 12 nitrogen and oxygen atoms in total. The molecule has 13 heteroatoms. The van der Waals surface area contributed by atoms with Gasteiger partial charge in [-0.3, -0.25) is 19.2 Å². The molecule has 0 saturated carbocycles. The van der Waals surface area contributed by atoms with Crippen LogP contribution in [-0.4, -0.2) is 73.8 Å². The molecule has 3 rings (SSSR count). The van der Waals surface area contributed by atoms with Gasteiger partial charge in [0.25, 0.3) is 0 Å². The predicted octanol–water partition coefficient (Wildman–Crippen LogP) is 3.24. The zero-order chi connectivity index (χ0) is 33.1. The zero-order valence-corrected chi connectivity index (χ0v) is 26.9. The Bertz CT molecular complexity index is 1480. The number of carbonyl (C=O) groups is 5. The number of hydrogen-bond donors (Lipinski definition) is 2. The van der Waals surface area contributed by atoms with Crippen molar-refractivity contribution < 1.29 is 47.7 Å². The molecule has 0 radical (unpaired) electrons. The molecule has 1 unspecified atom stereocenters. The lowest BCUT2D eigenvalue weighted by molar-refractivity contribution is -0.141. The van der Waals surface area contributed by atoms with Gasteiger partial charge in [-0.05, 0) is 47.6 Å². The highest BCUT2D eigenvalue weighted by Crippen LogP contribution is 2.37. The molecule has 1 atom stereocenters. The average molecular weight is 643 g/mol. The van der Waals surface area contributed by atoms with Crippen molar-refractivity contribution in [2.24, 2.45) is 0 Å². The summed E-state index contributed by atoms with van der Waals surface area (Å²) in [5.41, 5.74) is 2.41. The number of methoxy groups -OCH3 is 4. The van der Waals surface area contributed by atoms with Crippen LogP contribution in [0.1, 0.15) is 65.5 Å². The van der Waals surface area contributed by atoms with Gasteiger partial charge in [0.1, 0.15) is 17.3 Å². The van der Waals surface area contributed by atoms with Crippen molar-refractivity contribution >= 4 is 47.1 Å². The maximum Gasteiger partial charge on any atom is 0.355 e. The first-order chi connectivity index (χ1) is 21.5. The van der Waals surface area contributed by atoms with E-state index < -0.39 is 35.4 Å². The molecule has 242 valence electrons. The Hall–Kier alpha value is -4.52. The first-order valence-corrected chi connectivity index (χ1v) is 14.6. The number of carbonyl (C=O) groups excluding carboxylic acids is 5. The highest BCUT2D eigenvalue weighted by Gasteiger charge is 2.42. The fraction of sp³-hybridized carbons (Fsp3) is 0.438. The molecule has 0 saturated heterocycles. The number of esters is 5. The Morgan fingerprint density at radius 1 is 0.778 bits per heavy atom. The van der Waals surface area contributed by atoms with E-state index in [1.807, 2.05) is 37.3 Å². The van der Waals surface area contributed by atoms with Gasteiger partial charge in [-0.1, -0.05) is 42.5 Å². The molecule has 45 heavy (non-hydrogen) atoms. The van der Waals surface area contributed by atoms with Crippen LogP contribution in [0.5, 0.6) is 0 Å². The van der Waals surface area contributed by atoms with Gasteiger partial charge in [0.2, 0.25) is 0 Å². The number of aromatic nitrogens is 1. The summed E-state index contributed by atoms with van der Waals surface area (Å²) in [6, 6.07) is 9.13. The lowest BCUT2D eigenvalue weighted by Crippen LogP contribution is -2.44. The number of rotatable bonds is 15. The molecule has 1 aliphatic heterocycles. The van der Waals surface area contributed by atoms with E-state index in [-0.39, 0.29) is 57.2 Å². The highest BCUT2D eigenvalue weighted by atomic mass is 32.1. The Kier molecular flexibility index (Phi) is 12.4. The monoisotopic (exact) mass is 642 g/mol. The number of nitrogens with one attached hydrogen (secondary N) is 2. The number of ether oxygens (including phenoxy) is 5. The predicted molar refractivity (Wildman–Crippen MR) is 165 cm³/mol. The maximum absolute atomic E-state index is 13.5. The second-order valence-corrected chi connectivity index (χ2v) is 11.0. The number of H-pyrrole nitrogens is 1. The number of aromatic amines is 1. The molecule has 0 aliphatic carbocycles. The third kappa shape index (κ3) is 9.00. The molecular weight excluding hydrogens is 604 g/mol. The lowest BCUT2D eigenvalue weighted by atomic mass is 9.83. The Labute approximate surface area is 266 Å². The van der Waals surface area contributed by atoms with Gasteiger partial charge in [-0.25, -0.2) is 4.79 Å². The van der Waals surface area contributed by atoms with Crippen LogP contribution in [0, 0.1) is 0 Å². The number of thiocarbonyl (C=S) groups is 1. The van der Waals surface area contributed by atoms with E-state index in [0.29, 0.717) is 33.0 Å². The van der Waals surface area contributed by atoms with E-state index in [1.54, 1.807) is 0 Å². The van der Waals surface area contributed by atoms with Crippen LogP contribution < -0.4 is 5.32 Å². The van der Waals surface area contributed by atoms with Crippen molar-refractivity contribution in [1.29, 1.82) is 0 Å². The van der Waals surface area contributed by atoms with Crippen LogP contribution in [0.15, 0.2) is 41.5 Å². The van der Waals surface area contributed by atoms with Gasteiger partial charge in [0.15, 0.2) is 0 Å². The van der Waals surface area contributed by atoms with Crippen LogP contribution in [0.25, 0.3) is 0 Å². The van der Waals surface area contributed by atoms with Crippen molar-refractivity contribution in [3.63, 3.8) is 0 Å². The van der Waals surface area contributed by atoms with Gasteiger partial charge < -0.3 is 34.0 Å². The van der Waals surface area contributed by atoms with E-state index >= 15 is 0 Å². The van der Waals surface area contributed by atoms with Crippen LogP contribution in [0.3, 0.4) is 0 Å². The summed E-state index contributed by atoms with van der Waals surface area (Å²) >= 11 is 5.64. The molecule has 0 spiro atoms. The van der Waals surface area contributed by atoms with Crippen molar-refractivity contribution in [3.8, 4) is 0 Å². The molecule has 1 aliphatic rings. The van der Waals surface area contributed by atoms with Crippen LogP contribution >= 0.6 is 12.2 Å². The molecule has 0 bridgehead atoms. The molecule has 1 aromatic carbocycles. The minimum atomic E-state index is -0.989. The summed E-state index contributed by atoms with van der Waals surface area (Å²) in [5, 5.41) is 3.28. The number of hydrogen-bond acceptors (Lipinski definition) is 11. The molecule has 0 fully saturated rings. The van der Waals surface area contributed by atoms with Crippen LogP contribution in [0.2, 0.25) is 0 Å². The van der Waals surface area contributed by atoms with Gasteiger partial charge in [-0.2, -0.15) is 0 Å². The van der Waals surface area contributed by atoms with E-state index in [0.717, 1.165) is 5.56 Å². The van der Waals surface area contributed by atoms with E-state index in [9.17, 15) is 24.0 Å². The van der Waals surface area contributed by atoms with Crippen molar-refractivity contribution in [2.75, 3.05) is 28.4 Å². The standard InChI is InChI=1S/C32H38N2O10S/c1-32(23(16-28(38)43-5)21(30(45)34-32)12-14-26(36)41-3)17-24-22(15-27(37)42-4)20(11-13-25(35)40-2)29(33-24)31(39)44-18-19-9-7-6-8-10-19/h6-10,33H,11-18H2,1-5H3,(H,34,45).